The van der Waals surface area contributed by atoms with Gasteiger partial charge in [0.2, 0.25) is 0 Å². The van der Waals surface area contributed by atoms with E-state index >= 15 is 0 Å². The molecular weight excluding hydrogens is 348 g/mol. The molecular formula is C20H24N2O5. The summed E-state index contributed by atoms with van der Waals surface area (Å²) in [6.45, 7) is 0.796. The lowest BCUT2D eigenvalue weighted by atomic mass is 9.77. The van der Waals surface area contributed by atoms with Crippen LogP contribution in [-0.2, 0) is 11.2 Å². The van der Waals surface area contributed by atoms with Gasteiger partial charge in [-0.25, -0.2) is 4.79 Å². The van der Waals surface area contributed by atoms with Crippen LogP contribution >= 0.6 is 0 Å². The molecule has 1 aromatic carbocycles. The molecule has 5 rings (SSSR count). The molecule has 1 aromatic heterocycles. The Kier molecular flexibility index (Phi) is 4.55. The number of carbonyl (C=O) groups is 1. The molecule has 2 saturated heterocycles. The molecule has 1 aliphatic carbocycles. The molecule has 3 fully saturated rings. The number of ether oxygens (including phenoxy) is 2. The van der Waals surface area contributed by atoms with Crippen LogP contribution in [0.1, 0.15) is 31.4 Å². The van der Waals surface area contributed by atoms with Crippen molar-refractivity contribution in [2.45, 2.75) is 43.7 Å². The lowest BCUT2D eigenvalue weighted by molar-refractivity contribution is -0.126. The standard InChI is InChI=1S/C20H24N2O5/c1-26-15-2-3-16-17(11-15)21-13(10-18(16)23)6-9-22(19(24)25)20-7-4-14(5-8-20)27-12-20/h2-3,10-11,14H,4-9,12H2,1H3,(H,21,23)(H,24,25). The fourth-order valence-electron chi connectivity index (χ4n) is 4.38. The topological polar surface area (TPSA) is 91.9 Å². The summed E-state index contributed by atoms with van der Waals surface area (Å²) in [5.74, 6) is 0.664. The first-order valence-corrected chi connectivity index (χ1v) is 9.33. The summed E-state index contributed by atoms with van der Waals surface area (Å²) < 4.78 is 11.0. The van der Waals surface area contributed by atoms with Crippen LogP contribution < -0.4 is 10.2 Å². The van der Waals surface area contributed by atoms with Gasteiger partial charge >= 0.3 is 6.09 Å². The number of hydrogen-bond donors (Lipinski definition) is 2. The zero-order valence-corrected chi connectivity index (χ0v) is 15.4. The second kappa shape index (κ2) is 6.88. The molecule has 3 aliphatic rings. The predicted octanol–water partition coefficient (Wildman–Crippen LogP) is 2.77. The van der Waals surface area contributed by atoms with Crippen LogP contribution in [0, 0.1) is 0 Å². The number of nitrogens with zero attached hydrogens (tertiary/aromatic N) is 1. The van der Waals surface area contributed by atoms with E-state index in [4.69, 9.17) is 9.47 Å². The minimum atomic E-state index is -0.927. The van der Waals surface area contributed by atoms with E-state index in [2.05, 4.69) is 4.98 Å². The maximum atomic E-state index is 12.4. The Balaban J connectivity index is 1.57. The summed E-state index contributed by atoms with van der Waals surface area (Å²) in [6, 6.07) is 6.82. The molecule has 0 radical (unpaired) electrons. The third kappa shape index (κ3) is 3.27. The van der Waals surface area contributed by atoms with E-state index in [1.807, 2.05) is 0 Å². The first-order valence-electron chi connectivity index (χ1n) is 9.33. The number of hydrogen-bond acceptors (Lipinski definition) is 4. The fourth-order valence-corrected chi connectivity index (χ4v) is 4.38. The smallest absolute Gasteiger partial charge is 0.407 e. The van der Waals surface area contributed by atoms with Gasteiger partial charge in [-0.1, -0.05) is 0 Å². The highest BCUT2D eigenvalue weighted by Crippen LogP contribution is 2.40. The van der Waals surface area contributed by atoms with E-state index in [0.29, 0.717) is 41.9 Å². The molecule has 0 atom stereocenters. The van der Waals surface area contributed by atoms with Gasteiger partial charge < -0.3 is 19.6 Å². The molecule has 27 heavy (non-hydrogen) atoms. The second-order valence-corrected chi connectivity index (χ2v) is 7.49. The summed E-state index contributed by atoms with van der Waals surface area (Å²) >= 11 is 0. The Hall–Kier alpha value is -2.54. The Labute approximate surface area is 156 Å². The molecule has 2 aliphatic heterocycles. The van der Waals surface area contributed by atoms with Gasteiger partial charge in [0, 0.05) is 36.2 Å². The Morgan fingerprint density at radius 3 is 2.78 bits per heavy atom. The molecule has 1 saturated carbocycles. The quantitative estimate of drug-likeness (QED) is 0.842. The number of carboxylic acid groups (broad SMARTS) is 1. The van der Waals surface area contributed by atoms with Crippen molar-refractivity contribution >= 4 is 17.0 Å². The normalized spacial score (nSPS) is 24.1. The van der Waals surface area contributed by atoms with Crippen LogP contribution in [0.25, 0.3) is 10.9 Å². The van der Waals surface area contributed by atoms with Gasteiger partial charge in [0.25, 0.3) is 0 Å². The SMILES string of the molecule is COc1ccc2c(=O)cc(CCN(C(=O)O)C34CCC(CC3)OC4)[nH]c2c1. The van der Waals surface area contributed by atoms with E-state index in [0.717, 1.165) is 25.7 Å². The van der Waals surface area contributed by atoms with Gasteiger partial charge in [0.1, 0.15) is 5.75 Å². The van der Waals surface area contributed by atoms with Crippen LogP contribution in [0.4, 0.5) is 4.79 Å². The summed E-state index contributed by atoms with van der Waals surface area (Å²) in [6.07, 6.45) is 3.32. The molecule has 0 spiro atoms. The minimum Gasteiger partial charge on any atom is -0.497 e. The molecule has 2 bridgehead atoms. The third-order valence-electron chi connectivity index (χ3n) is 5.95. The summed E-state index contributed by atoms with van der Waals surface area (Å²) in [7, 11) is 1.58. The Bertz CT molecular complexity index is 900. The van der Waals surface area contributed by atoms with E-state index in [9.17, 15) is 14.7 Å². The van der Waals surface area contributed by atoms with Crippen molar-refractivity contribution in [2.75, 3.05) is 20.3 Å². The number of fused-ring (bicyclic) bond motifs is 4. The maximum Gasteiger partial charge on any atom is 0.407 e. The van der Waals surface area contributed by atoms with Gasteiger partial charge in [0.05, 0.1) is 30.9 Å². The van der Waals surface area contributed by atoms with Crippen LogP contribution in [0.2, 0.25) is 0 Å². The number of nitrogens with one attached hydrogen (secondary N) is 1. The van der Waals surface area contributed by atoms with Crippen molar-refractivity contribution in [3.63, 3.8) is 0 Å². The lowest BCUT2D eigenvalue weighted by Gasteiger charge is -2.51. The molecule has 2 N–H and O–H groups in total. The maximum absolute atomic E-state index is 12.4. The molecule has 0 unspecified atom stereocenters. The fraction of sp³-hybridized carbons (Fsp3) is 0.500. The van der Waals surface area contributed by atoms with Gasteiger partial charge in [-0.3, -0.25) is 9.69 Å². The van der Waals surface area contributed by atoms with Crippen molar-refractivity contribution in [3.8, 4) is 5.75 Å². The van der Waals surface area contributed by atoms with Gasteiger partial charge in [-0.15, -0.1) is 0 Å². The van der Waals surface area contributed by atoms with Crippen LogP contribution in [0.15, 0.2) is 29.1 Å². The highest BCUT2D eigenvalue weighted by Gasteiger charge is 2.47. The molecule has 7 heteroatoms. The molecule has 1 amide bonds. The average Bonchev–Trinajstić information content (AvgIpc) is 2.68. The molecule has 2 aromatic rings. The predicted molar refractivity (Wildman–Crippen MR) is 100 cm³/mol. The number of rotatable bonds is 5. The monoisotopic (exact) mass is 372 g/mol. The Morgan fingerprint density at radius 2 is 2.15 bits per heavy atom. The summed E-state index contributed by atoms with van der Waals surface area (Å²) in [5.41, 5.74) is 0.899. The minimum absolute atomic E-state index is 0.0806. The van der Waals surface area contributed by atoms with Crippen molar-refractivity contribution in [2.24, 2.45) is 0 Å². The van der Waals surface area contributed by atoms with E-state index in [1.165, 1.54) is 4.90 Å². The molecule has 7 nitrogen and oxygen atoms in total. The van der Waals surface area contributed by atoms with Gasteiger partial charge in [-0.2, -0.15) is 0 Å². The highest BCUT2D eigenvalue weighted by molar-refractivity contribution is 5.80. The molecule has 144 valence electrons. The molecule has 3 heterocycles. The zero-order chi connectivity index (χ0) is 19.0. The van der Waals surface area contributed by atoms with Crippen LogP contribution in [0.3, 0.4) is 0 Å². The average molecular weight is 372 g/mol. The van der Waals surface area contributed by atoms with Crippen molar-refractivity contribution in [1.29, 1.82) is 0 Å². The first kappa shape index (κ1) is 17.9. The van der Waals surface area contributed by atoms with Crippen LogP contribution in [0.5, 0.6) is 5.75 Å². The van der Waals surface area contributed by atoms with E-state index < -0.39 is 11.6 Å². The number of pyridine rings is 1. The van der Waals surface area contributed by atoms with E-state index in [1.54, 1.807) is 31.4 Å². The van der Waals surface area contributed by atoms with Crippen molar-refractivity contribution < 1.29 is 19.4 Å². The number of benzene rings is 1. The van der Waals surface area contributed by atoms with Crippen molar-refractivity contribution in [3.05, 3.63) is 40.2 Å². The lowest BCUT2D eigenvalue weighted by Crippen LogP contribution is -2.61. The number of methoxy groups -OCH3 is 1. The first-order chi connectivity index (χ1) is 13.0. The largest absolute Gasteiger partial charge is 0.497 e. The number of H-pyrrole nitrogens is 1. The zero-order valence-electron chi connectivity index (χ0n) is 15.4. The third-order valence-corrected chi connectivity index (χ3v) is 5.95. The highest BCUT2D eigenvalue weighted by atomic mass is 16.5. The van der Waals surface area contributed by atoms with Crippen LogP contribution in [-0.4, -0.2) is 53.0 Å². The summed E-state index contributed by atoms with van der Waals surface area (Å²) in [5, 5.41) is 10.4. The van der Waals surface area contributed by atoms with Gasteiger partial charge in [-0.05, 0) is 37.8 Å². The second-order valence-electron chi connectivity index (χ2n) is 7.49. The van der Waals surface area contributed by atoms with E-state index in [-0.39, 0.29) is 11.5 Å². The Morgan fingerprint density at radius 1 is 1.37 bits per heavy atom. The number of aromatic nitrogens is 1. The summed E-state index contributed by atoms with van der Waals surface area (Å²) in [4.78, 5) is 29.1. The van der Waals surface area contributed by atoms with Crippen molar-refractivity contribution in [1.82, 2.24) is 9.88 Å². The number of aromatic amines is 1. The van der Waals surface area contributed by atoms with Gasteiger partial charge in [0.15, 0.2) is 5.43 Å². The number of amides is 1.